The Labute approximate surface area is 122 Å². The molecule has 0 amide bonds. The Morgan fingerprint density at radius 2 is 1.85 bits per heavy atom. The van der Waals surface area contributed by atoms with Crippen molar-refractivity contribution < 1.29 is 0 Å². The van der Waals surface area contributed by atoms with Crippen molar-refractivity contribution >= 4 is 11.0 Å². The van der Waals surface area contributed by atoms with Crippen LogP contribution in [0.15, 0.2) is 18.5 Å². The van der Waals surface area contributed by atoms with E-state index in [0.29, 0.717) is 6.04 Å². The summed E-state index contributed by atoms with van der Waals surface area (Å²) in [6, 6.07) is 4.89. The fraction of sp³-hybridized carbons (Fsp3) is 0.588. The summed E-state index contributed by atoms with van der Waals surface area (Å²) in [5, 5.41) is 3.55. The number of benzene rings is 1. The molecule has 0 spiro atoms. The average Bonchev–Trinajstić information content (AvgIpc) is 2.71. The van der Waals surface area contributed by atoms with Gasteiger partial charge >= 0.3 is 0 Å². The summed E-state index contributed by atoms with van der Waals surface area (Å²) in [7, 11) is 0. The molecule has 0 bridgehead atoms. The minimum absolute atomic E-state index is 0.185. The number of aromatic nitrogens is 2. The molecule has 1 unspecified atom stereocenters. The Balaban J connectivity index is 2.14. The van der Waals surface area contributed by atoms with Crippen LogP contribution < -0.4 is 5.32 Å². The number of hydrogen-bond donors (Lipinski definition) is 1. The third-order valence-corrected chi connectivity index (χ3v) is 3.88. The lowest BCUT2D eigenvalue weighted by Crippen LogP contribution is -2.37. The van der Waals surface area contributed by atoms with Crippen LogP contribution in [0.2, 0.25) is 0 Å². The number of fused-ring (bicyclic) bond motifs is 1. The largest absolute Gasteiger partial charge is 0.328 e. The quantitative estimate of drug-likeness (QED) is 0.912. The van der Waals surface area contributed by atoms with E-state index < -0.39 is 0 Å². The van der Waals surface area contributed by atoms with Crippen LogP contribution in [0.3, 0.4) is 0 Å². The van der Waals surface area contributed by atoms with Crippen molar-refractivity contribution in [1.29, 1.82) is 0 Å². The van der Waals surface area contributed by atoms with Gasteiger partial charge in [-0.2, -0.15) is 0 Å². The molecule has 0 radical (unpaired) electrons. The average molecular weight is 273 g/mol. The number of rotatable bonds is 4. The van der Waals surface area contributed by atoms with E-state index in [2.05, 4.69) is 68.5 Å². The molecular formula is C17H27N3. The van der Waals surface area contributed by atoms with Crippen molar-refractivity contribution in [3.8, 4) is 0 Å². The first kappa shape index (κ1) is 15.0. The molecule has 110 valence electrons. The molecule has 2 aromatic rings. The van der Waals surface area contributed by atoms with E-state index in [0.717, 1.165) is 18.5 Å². The van der Waals surface area contributed by atoms with Crippen LogP contribution in [0.5, 0.6) is 0 Å². The molecule has 3 heteroatoms. The Hall–Kier alpha value is -1.35. The van der Waals surface area contributed by atoms with Crippen LogP contribution in [0, 0.1) is 13.8 Å². The number of nitrogens with one attached hydrogen (secondary N) is 1. The molecule has 2 rings (SSSR count). The Bertz CT molecular complexity index is 590. The molecule has 0 aliphatic rings. The normalized spacial score (nSPS) is 13.9. The van der Waals surface area contributed by atoms with Crippen molar-refractivity contribution in [1.82, 2.24) is 14.9 Å². The van der Waals surface area contributed by atoms with Crippen LogP contribution in [0.1, 0.15) is 51.3 Å². The molecule has 0 aliphatic carbocycles. The molecule has 0 saturated heterocycles. The van der Waals surface area contributed by atoms with E-state index in [4.69, 9.17) is 0 Å². The molecule has 1 N–H and O–H groups in total. The lowest BCUT2D eigenvalue weighted by Gasteiger charge is -2.22. The van der Waals surface area contributed by atoms with Crippen molar-refractivity contribution in [2.75, 3.05) is 6.54 Å². The lowest BCUT2D eigenvalue weighted by molar-refractivity contribution is 0.394. The third kappa shape index (κ3) is 3.40. The Morgan fingerprint density at radius 1 is 1.20 bits per heavy atom. The molecule has 3 nitrogen and oxygen atoms in total. The first-order valence-corrected chi connectivity index (χ1v) is 7.47. The highest BCUT2D eigenvalue weighted by Crippen LogP contribution is 2.22. The fourth-order valence-electron chi connectivity index (χ4n) is 2.43. The Kier molecular flexibility index (Phi) is 4.19. The first-order valence-electron chi connectivity index (χ1n) is 7.47. The van der Waals surface area contributed by atoms with Crippen LogP contribution >= 0.6 is 0 Å². The Morgan fingerprint density at radius 3 is 2.50 bits per heavy atom. The van der Waals surface area contributed by atoms with E-state index in [1.54, 1.807) is 0 Å². The van der Waals surface area contributed by atoms with Gasteiger partial charge in [-0.25, -0.2) is 4.98 Å². The zero-order valence-electron chi connectivity index (χ0n) is 13.6. The van der Waals surface area contributed by atoms with Crippen LogP contribution in [-0.4, -0.2) is 21.6 Å². The number of hydrogen-bond acceptors (Lipinski definition) is 2. The highest BCUT2D eigenvalue weighted by Gasteiger charge is 2.13. The summed E-state index contributed by atoms with van der Waals surface area (Å²) >= 11 is 0. The summed E-state index contributed by atoms with van der Waals surface area (Å²) in [5.74, 6) is 0. The van der Waals surface area contributed by atoms with E-state index in [9.17, 15) is 0 Å². The molecule has 0 aliphatic heterocycles. The summed E-state index contributed by atoms with van der Waals surface area (Å²) in [6.45, 7) is 14.2. The number of aryl methyl sites for hydroxylation is 2. The van der Waals surface area contributed by atoms with E-state index >= 15 is 0 Å². The van der Waals surface area contributed by atoms with Gasteiger partial charge in [0.15, 0.2) is 0 Å². The molecule has 20 heavy (non-hydrogen) atoms. The monoisotopic (exact) mass is 273 g/mol. The van der Waals surface area contributed by atoms with Crippen LogP contribution in [-0.2, 0) is 0 Å². The second-order valence-electron chi connectivity index (χ2n) is 6.89. The predicted molar refractivity (Wildman–Crippen MR) is 86.3 cm³/mol. The van der Waals surface area contributed by atoms with Gasteiger partial charge in [0, 0.05) is 11.6 Å². The van der Waals surface area contributed by atoms with Crippen LogP contribution in [0.25, 0.3) is 11.0 Å². The summed E-state index contributed by atoms with van der Waals surface area (Å²) in [6.07, 6.45) is 3.08. The van der Waals surface area contributed by atoms with Crippen molar-refractivity contribution in [2.24, 2.45) is 0 Å². The summed E-state index contributed by atoms with van der Waals surface area (Å²) in [4.78, 5) is 4.54. The standard InChI is InChI=1S/C17H27N3/c1-12-9-15-16(10-13(12)2)20(11-18-15)14(3)7-8-19-17(4,5)6/h9-11,14,19H,7-8H2,1-6H3. The molecule has 0 fully saturated rings. The third-order valence-electron chi connectivity index (χ3n) is 3.88. The molecule has 1 heterocycles. The maximum atomic E-state index is 4.54. The molecule has 1 atom stereocenters. The zero-order valence-corrected chi connectivity index (χ0v) is 13.6. The van der Waals surface area contributed by atoms with Crippen molar-refractivity contribution in [2.45, 2.75) is 59.5 Å². The minimum Gasteiger partial charge on any atom is -0.328 e. The molecule has 0 saturated carbocycles. The van der Waals surface area contributed by atoms with E-state index in [1.807, 2.05) is 6.33 Å². The second-order valence-corrected chi connectivity index (χ2v) is 6.89. The maximum Gasteiger partial charge on any atom is 0.0960 e. The second kappa shape index (κ2) is 5.57. The van der Waals surface area contributed by atoms with Crippen molar-refractivity contribution in [3.05, 3.63) is 29.6 Å². The highest BCUT2D eigenvalue weighted by molar-refractivity contribution is 5.77. The summed E-state index contributed by atoms with van der Waals surface area (Å²) in [5.41, 5.74) is 5.17. The van der Waals surface area contributed by atoms with Gasteiger partial charge in [0.25, 0.3) is 0 Å². The van der Waals surface area contributed by atoms with Gasteiger partial charge in [-0.3, -0.25) is 0 Å². The smallest absolute Gasteiger partial charge is 0.0960 e. The van der Waals surface area contributed by atoms with Crippen LogP contribution in [0.4, 0.5) is 0 Å². The molecule has 1 aromatic carbocycles. The van der Waals surface area contributed by atoms with Crippen molar-refractivity contribution in [3.63, 3.8) is 0 Å². The predicted octanol–water partition coefficient (Wildman–Crippen LogP) is 3.99. The van der Waals surface area contributed by atoms with Gasteiger partial charge in [0.2, 0.25) is 0 Å². The summed E-state index contributed by atoms with van der Waals surface area (Å²) < 4.78 is 2.30. The lowest BCUT2D eigenvalue weighted by atomic mass is 10.1. The SMILES string of the molecule is Cc1cc2ncn(C(C)CCNC(C)(C)C)c2cc1C. The van der Waals surface area contributed by atoms with Gasteiger partial charge < -0.3 is 9.88 Å². The molecular weight excluding hydrogens is 246 g/mol. The number of imidazole rings is 1. The van der Waals surface area contributed by atoms with E-state index in [1.165, 1.54) is 16.6 Å². The zero-order chi connectivity index (χ0) is 14.9. The van der Waals surface area contributed by atoms with Gasteiger partial charge in [-0.15, -0.1) is 0 Å². The minimum atomic E-state index is 0.185. The van der Waals surface area contributed by atoms with Gasteiger partial charge in [0.1, 0.15) is 0 Å². The van der Waals surface area contributed by atoms with Gasteiger partial charge in [-0.05, 0) is 77.8 Å². The van der Waals surface area contributed by atoms with E-state index in [-0.39, 0.29) is 5.54 Å². The first-order chi connectivity index (χ1) is 9.28. The molecule has 1 aromatic heterocycles. The van der Waals surface area contributed by atoms with Gasteiger partial charge in [-0.1, -0.05) is 0 Å². The number of nitrogens with zero attached hydrogens (tertiary/aromatic N) is 2. The fourth-order valence-corrected chi connectivity index (χ4v) is 2.43. The highest BCUT2D eigenvalue weighted by atomic mass is 15.1. The van der Waals surface area contributed by atoms with Gasteiger partial charge in [0.05, 0.1) is 17.4 Å². The maximum absolute atomic E-state index is 4.54. The topological polar surface area (TPSA) is 29.9 Å².